The lowest BCUT2D eigenvalue weighted by molar-refractivity contribution is 0.357. The van der Waals surface area contributed by atoms with E-state index in [1.807, 2.05) is 24.4 Å². The summed E-state index contributed by atoms with van der Waals surface area (Å²) < 4.78 is 1.07. The Bertz CT molecular complexity index is 1140. The van der Waals surface area contributed by atoms with Gasteiger partial charge in [0.25, 0.3) is 0 Å². The molecular weight excluding hydrogens is 536 g/mol. The molecule has 1 N–H and O–H groups in total. The summed E-state index contributed by atoms with van der Waals surface area (Å²) in [5.41, 5.74) is 3.07. The molecule has 4 unspecified atom stereocenters. The maximum absolute atomic E-state index is 6.89. The number of nitrogens with zero attached hydrogens (tertiary/aromatic N) is 3. The van der Waals surface area contributed by atoms with Crippen molar-refractivity contribution in [3.63, 3.8) is 0 Å². The minimum Gasteiger partial charge on any atom is -0.370 e. The number of nitrogens with one attached hydrogen (secondary N) is 1. The highest BCUT2D eigenvalue weighted by Crippen LogP contribution is 2.45. The minimum absolute atomic E-state index is 0.0133. The van der Waals surface area contributed by atoms with E-state index < -0.39 is 0 Å². The van der Waals surface area contributed by atoms with E-state index in [0.29, 0.717) is 16.9 Å². The summed E-state index contributed by atoms with van der Waals surface area (Å²) in [5, 5.41) is 7.08. The Morgan fingerprint density at radius 3 is 2.58 bits per heavy atom. The normalized spacial score (nSPS) is 25.4. The number of pyridine rings is 1. The fourth-order valence-corrected chi connectivity index (χ4v) is 7.38. The van der Waals surface area contributed by atoms with Gasteiger partial charge in [-0.15, -0.1) is 11.3 Å². The van der Waals surface area contributed by atoms with Crippen LogP contribution in [0.5, 0.6) is 0 Å². The molecule has 2 saturated heterocycles. The number of thiophene rings is 1. The quantitative estimate of drug-likeness (QED) is 0.340. The van der Waals surface area contributed by atoms with Crippen LogP contribution in [0.3, 0.4) is 0 Å². The molecule has 5 rings (SSSR count). The van der Waals surface area contributed by atoms with Gasteiger partial charge in [-0.2, -0.15) is 0 Å². The zero-order valence-electron chi connectivity index (χ0n) is 18.5. The second kappa shape index (κ2) is 9.53. The Hall–Kier alpha value is -1.67. The summed E-state index contributed by atoms with van der Waals surface area (Å²) in [7, 11) is 0. The zero-order chi connectivity index (χ0) is 23.1. The van der Waals surface area contributed by atoms with E-state index in [1.54, 1.807) is 11.3 Å². The standard InChI is InChI=1S/C25H26BrClN4S2/c1-15-9-16(2)13-30(12-15)21-7-6-18(11-19(21)27)31-24(22-10-17(26)14-33-22)23(29-25(31)32)20-5-3-4-8-28-20/h3-8,10-11,14-16,23-24H,9,12-13H2,1-2H3,(H,29,32). The van der Waals surface area contributed by atoms with Gasteiger partial charge in [0.2, 0.25) is 0 Å². The number of hydrogen-bond donors (Lipinski definition) is 1. The lowest BCUT2D eigenvalue weighted by Gasteiger charge is -2.37. The van der Waals surface area contributed by atoms with Crippen LogP contribution >= 0.6 is 51.1 Å². The summed E-state index contributed by atoms with van der Waals surface area (Å²) in [6.07, 6.45) is 3.10. The summed E-state index contributed by atoms with van der Waals surface area (Å²) in [6.45, 7) is 6.73. The number of thiocarbonyl (C=S) groups is 1. The molecule has 0 amide bonds. The first kappa shape index (κ1) is 23.1. The molecule has 2 fully saturated rings. The smallest absolute Gasteiger partial charge is 0.174 e. The highest BCUT2D eigenvalue weighted by Gasteiger charge is 2.41. The molecule has 3 aromatic rings. The molecule has 0 aliphatic carbocycles. The maximum Gasteiger partial charge on any atom is 0.174 e. The van der Waals surface area contributed by atoms with Gasteiger partial charge in [-0.05, 0) is 82.8 Å². The number of halogens is 2. The van der Waals surface area contributed by atoms with Crippen LogP contribution in [-0.2, 0) is 0 Å². The predicted octanol–water partition coefficient (Wildman–Crippen LogP) is 7.22. The van der Waals surface area contributed by atoms with Gasteiger partial charge in [-0.25, -0.2) is 0 Å². The van der Waals surface area contributed by atoms with Crippen molar-refractivity contribution in [2.75, 3.05) is 22.9 Å². The average molecular weight is 562 g/mol. The first-order valence-corrected chi connectivity index (χ1v) is 13.7. The number of benzene rings is 1. The molecule has 8 heteroatoms. The third kappa shape index (κ3) is 4.65. The Morgan fingerprint density at radius 2 is 1.94 bits per heavy atom. The lowest BCUT2D eigenvalue weighted by atomic mass is 9.91. The minimum atomic E-state index is -0.0495. The topological polar surface area (TPSA) is 31.4 Å². The molecule has 172 valence electrons. The van der Waals surface area contributed by atoms with Crippen molar-refractivity contribution in [1.29, 1.82) is 0 Å². The summed E-state index contributed by atoms with van der Waals surface area (Å²) in [6, 6.07) is 14.5. The zero-order valence-corrected chi connectivity index (χ0v) is 22.5. The monoisotopic (exact) mass is 560 g/mol. The highest BCUT2D eigenvalue weighted by molar-refractivity contribution is 9.10. The van der Waals surface area contributed by atoms with Crippen LogP contribution < -0.4 is 15.1 Å². The van der Waals surface area contributed by atoms with E-state index in [-0.39, 0.29) is 12.1 Å². The van der Waals surface area contributed by atoms with Gasteiger partial charge in [-0.3, -0.25) is 4.98 Å². The van der Waals surface area contributed by atoms with E-state index in [0.717, 1.165) is 39.7 Å². The van der Waals surface area contributed by atoms with Gasteiger partial charge in [0.1, 0.15) is 0 Å². The molecule has 0 spiro atoms. The SMILES string of the molecule is CC1CC(C)CN(c2ccc(N3C(=S)NC(c4ccccn4)C3c3cc(Br)cs3)cc2Cl)C1. The molecule has 2 aromatic heterocycles. The van der Waals surface area contributed by atoms with E-state index in [4.69, 9.17) is 23.8 Å². The van der Waals surface area contributed by atoms with Crippen LogP contribution in [0.1, 0.15) is 42.9 Å². The third-order valence-corrected chi connectivity index (χ3v) is 8.78. The van der Waals surface area contributed by atoms with Crippen LogP contribution in [0, 0.1) is 11.8 Å². The van der Waals surface area contributed by atoms with E-state index >= 15 is 0 Å². The molecule has 1 aromatic carbocycles. The number of anilines is 2. The highest BCUT2D eigenvalue weighted by atomic mass is 79.9. The molecule has 4 atom stereocenters. The van der Waals surface area contributed by atoms with Gasteiger partial charge in [-0.1, -0.05) is 31.5 Å². The second-order valence-corrected chi connectivity index (χ2v) is 11.8. The predicted molar refractivity (Wildman–Crippen MR) is 147 cm³/mol. The summed E-state index contributed by atoms with van der Waals surface area (Å²) in [4.78, 5) is 10.4. The van der Waals surface area contributed by atoms with Gasteiger partial charge < -0.3 is 15.1 Å². The molecule has 2 aliphatic heterocycles. The number of aromatic nitrogens is 1. The molecule has 4 nitrogen and oxygen atoms in total. The first-order chi connectivity index (χ1) is 15.9. The largest absolute Gasteiger partial charge is 0.370 e. The lowest BCUT2D eigenvalue weighted by Crippen LogP contribution is -2.38. The molecule has 0 saturated carbocycles. The van der Waals surface area contributed by atoms with Crippen molar-refractivity contribution >= 4 is 67.6 Å². The van der Waals surface area contributed by atoms with Crippen LogP contribution in [0.2, 0.25) is 5.02 Å². The molecule has 2 aliphatic rings. The van der Waals surface area contributed by atoms with E-state index in [9.17, 15) is 0 Å². The fraction of sp³-hybridized carbons (Fsp3) is 0.360. The van der Waals surface area contributed by atoms with Crippen molar-refractivity contribution in [3.05, 3.63) is 74.1 Å². The Labute approximate surface area is 218 Å². The maximum atomic E-state index is 6.89. The van der Waals surface area contributed by atoms with Gasteiger partial charge >= 0.3 is 0 Å². The molecular formula is C25H26BrClN4S2. The van der Waals surface area contributed by atoms with Crippen LogP contribution in [0.15, 0.2) is 58.5 Å². The van der Waals surface area contributed by atoms with Gasteiger partial charge in [0, 0.05) is 39.7 Å². The van der Waals surface area contributed by atoms with Crippen molar-refractivity contribution in [1.82, 2.24) is 10.3 Å². The van der Waals surface area contributed by atoms with Crippen molar-refractivity contribution < 1.29 is 0 Å². The summed E-state index contributed by atoms with van der Waals surface area (Å²) >= 11 is 18.1. The van der Waals surface area contributed by atoms with Crippen LogP contribution in [0.25, 0.3) is 0 Å². The Balaban J connectivity index is 1.51. The van der Waals surface area contributed by atoms with Crippen LogP contribution in [0.4, 0.5) is 11.4 Å². The molecule has 0 bridgehead atoms. The number of hydrogen-bond acceptors (Lipinski definition) is 4. The van der Waals surface area contributed by atoms with Gasteiger partial charge in [0.15, 0.2) is 5.11 Å². The second-order valence-electron chi connectivity index (χ2n) is 9.15. The summed E-state index contributed by atoms with van der Waals surface area (Å²) in [5.74, 6) is 1.33. The van der Waals surface area contributed by atoms with E-state index in [1.165, 1.54) is 11.3 Å². The Kier molecular flexibility index (Phi) is 6.67. The molecule has 0 radical (unpaired) electrons. The average Bonchev–Trinajstić information content (AvgIpc) is 3.36. The molecule has 4 heterocycles. The number of piperidine rings is 1. The van der Waals surface area contributed by atoms with Crippen molar-refractivity contribution in [3.8, 4) is 0 Å². The van der Waals surface area contributed by atoms with Crippen molar-refractivity contribution in [2.24, 2.45) is 11.8 Å². The first-order valence-electron chi connectivity index (χ1n) is 11.2. The fourth-order valence-electron chi connectivity index (χ4n) is 5.17. The number of rotatable bonds is 4. The van der Waals surface area contributed by atoms with Crippen LogP contribution in [-0.4, -0.2) is 23.2 Å². The van der Waals surface area contributed by atoms with E-state index in [2.05, 4.69) is 79.5 Å². The van der Waals surface area contributed by atoms with Crippen molar-refractivity contribution in [2.45, 2.75) is 32.4 Å². The third-order valence-electron chi connectivity index (χ3n) is 6.40. The molecule has 33 heavy (non-hydrogen) atoms. The Morgan fingerprint density at radius 1 is 1.15 bits per heavy atom. The van der Waals surface area contributed by atoms with Gasteiger partial charge in [0.05, 0.1) is 28.5 Å².